The first-order valence-corrected chi connectivity index (χ1v) is 6.62. The second kappa shape index (κ2) is 5.61. The Bertz CT molecular complexity index is 578. The summed E-state index contributed by atoms with van der Waals surface area (Å²) in [5.74, 6) is 0.491. The summed E-state index contributed by atoms with van der Waals surface area (Å²) in [5, 5.41) is 29.0. The Labute approximate surface area is 114 Å². The lowest BCUT2D eigenvalue weighted by Crippen LogP contribution is -2.06. The van der Waals surface area contributed by atoms with Gasteiger partial charge in [-0.2, -0.15) is 9.89 Å². The summed E-state index contributed by atoms with van der Waals surface area (Å²) < 4.78 is 1.68. The molecule has 0 spiro atoms. The number of aryl methyl sites for hydroxylation is 1. The van der Waals surface area contributed by atoms with Crippen LogP contribution in [-0.4, -0.2) is 31.6 Å². The maximum Gasteiger partial charge on any atom is 0.247 e. The van der Waals surface area contributed by atoms with Gasteiger partial charge in [0.1, 0.15) is 0 Å². The van der Waals surface area contributed by atoms with E-state index < -0.39 is 4.90 Å². The van der Waals surface area contributed by atoms with Crippen LogP contribution in [-0.2, 0) is 7.05 Å². The van der Waals surface area contributed by atoms with Gasteiger partial charge in [-0.05, 0) is 24.0 Å². The summed E-state index contributed by atoms with van der Waals surface area (Å²) in [5.41, 5.74) is 0.876. The molecule has 1 aliphatic carbocycles. The summed E-state index contributed by atoms with van der Waals surface area (Å²) in [6.45, 7) is 0. The molecule has 100 valence electrons. The highest BCUT2D eigenvalue weighted by Crippen LogP contribution is 2.13. The summed E-state index contributed by atoms with van der Waals surface area (Å²) in [6.07, 6.45) is 9.84. The number of nitrogens with zero attached hydrogens (tertiary/aromatic N) is 4. The van der Waals surface area contributed by atoms with Gasteiger partial charge in [-0.15, -0.1) is 5.10 Å². The monoisotopic (exact) mass is 278 g/mol. The predicted octanol–water partition coefficient (Wildman–Crippen LogP) is 1.41. The van der Waals surface area contributed by atoms with Crippen molar-refractivity contribution in [3.05, 3.63) is 46.5 Å². The van der Waals surface area contributed by atoms with E-state index in [1.54, 1.807) is 23.0 Å². The summed E-state index contributed by atoms with van der Waals surface area (Å²) >= 11 is 1.50. The topological polar surface area (TPSA) is 91.9 Å². The third kappa shape index (κ3) is 3.16. The van der Waals surface area contributed by atoms with E-state index in [9.17, 15) is 10.4 Å². The highest BCUT2D eigenvalue weighted by molar-refractivity contribution is 7.98. The van der Waals surface area contributed by atoms with Gasteiger partial charge < -0.3 is 15.7 Å². The lowest BCUT2D eigenvalue weighted by Gasteiger charge is -2.07. The molecule has 0 saturated carbocycles. The van der Waals surface area contributed by atoms with E-state index in [2.05, 4.69) is 15.4 Å². The highest BCUT2D eigenvalue weighted by atomic mass is 32.2. The predicted molar refractivity (Wildman–Crippen MR) is 74.8 cm³/mol. The molecule has 0 radical (unpaired) electrons. The van der Waals surface area contributed by atoms with E-state index in [-0.39, 0.29) is 5.71 Å². The van der Waals surface area contributed by atoms with Crippen LogP contribution >= 0.6 is 11.8 Å². The molecule has 0 bridgehead atoms. The minimum absolute atomic E-state index is 0.0674. The second-order valence-electron chi connectivity index (χ2n) is 3.68. The molecule has 1 N–H and O–H groups in total. The minimum Gasteiger partial charge on any atom is -0.612 e. The number of anilines is 1. The van der Waals surface area contributed by atoms with Crippen molar-refractivity contribution in [1.29, 1.82) is 0 Å². The molecule has 1 aliphatic rings. The Morgan fingerprint density at radius 3 is 2.53 bits per heavy atom. The lowest BCUT2D eigenvalue weighted by atomic mass is 10.1. The van der Waals surface area contributed by atoms with E-state index in [4.69, 9.17) is 0 Å². The van der Waals surface area contributed by atoms with Gasteiger partial charge in [0.15, 0.2) is 5.16 Å². The van der Waals surface area contributed by atoms with Gasteiger partial charge in [0.25, 0.3) is 0 Å². The van der Waals surface area contributed by atoms with Crippen molar-refractivity contribution in [2.75, 3.05) is 11.6 Å². The quantitative estimate of drug-likeness (QED) is 0.510. The average Bonchev–Trinajstić information content (AvgIpc) is 2.77. The Kier molecular flexibility index (Phi) is 3.91. The third-order valence-corrected chi connectivity index (χ3v) is 3.10. The van der Waals surface area contributed by atoms with Gasteiger partial charge in [0.2, 0.25) is 11.7 Å². The zero-order valence-electron chi connectivity index (χ0n) is 10.4. The van der Waals surface area contributed by atoms with Gasteiger partial charge in [-0.25, -0.2) is 4.68 Å². The van der Waals surface area contributed by atoms with Crippen LogP contribution < -0.4 is 5.32 Å². The van der Waals surface area contributed by atoms with Gasteiger partial charge >= 0.3 is 0 Å². The van der Waals surface area contributed by atoms with Gasteiger partial charge in [0.05, 0.1) is 0 Å². The van der Waals surface area contributed by atoms with Crippen molar-refractivity contribution in [2.24, 2.45) is 7.05 Å². The number of aromatic nitrogens is 3. The van der Waals surface area contributed by atoms with Crippen molar-refractivity contribution >= 4 is 23.4 Å². The maximum atomic E-state index is 10.5. The Morgan fingerprint density at radius 1 is 1.32 bits per heavy atom. The molecule has 8 heteroatoms. The number of hydrogen-bond acceptors (Lipinski definition) is 6. The van der Waals surface area contributed by atoms with E-state index in [1.807, 2.05) is 13.3 Å². The number of nitrogens with one attached hydrogen (secondary N) is 1. The normalized spacial score (nSPS) is 13.8. The van der Waals surface area contributed by atoms with E-state index >= 15 is 0 Å². The molecule has 2 rings (SSSR count). The number of thioether (sulfide) groups is 1. The summed E-state index contributed by atoms with van der Waals surface area (Å²) in [6, 6.07) is 0. The van der Waals surface area contributed by atoms with Crippen LogP contribution in [0.5, 0.6) is 0 Å². The van der Waals surface area contributed by atoms with Crippen molar-refractivity contribution in [2.45, 2.75) is 5.16 Å². The molecule has 0 aromatic carbocycles. The van der Waals surface area contributed by atoms with Crippen LogP contribution in [0.1, 0.15) is 0 Å². The summed E-state index contributed by atoms with van der Waals surface area (Å²) in [4.78, 5) is 3.83. The van der Waals surface area contributed by atoms with Crippen LogP contribution in [0, 0.1) is 10.4 Å². The lowest BCUT2D eigenvalue weighted by molar-refractivity contribution is -0.377. The Hall–Kier alpha value is -2.22. The van der Waals surface area contributed by atoms with Crippen LogP contribution in [0.25, 0.3) is 0 Å². The first kappa shape index (κ1) is 13.2. The van der Waals surface area contributed by atoms with Crippen molar-refractivity contribution < 1.29 is 4.90 Å². The standard InChI is InChI=1S/C11H12N5O2S/c1-15-11(19-2)13-10(14-15)12-7-8-3-5-9(6-4-8)16(17)18/h3-7H,1-2H3,(H-,12,14,17,18)/q-1. The smallest absolute Gasteiger partial charge is 0.247 e. The molecule has 0 saturated heterocycles. The fourth-order valence-corrected chi connectivity index (χ4v) is 1.93. The molecule has 1 heterocycles. The van der Waals surface area contributed by atoms with E-state index in [0.717, 1.165) is 10.7 Å². The minimum atomic E-state index is -0.428. The molecule has 0 amide bonds. The van der Waals surface area contributed by atoms with Crippen molar-refractivity contribution in [3.63, 3.8) is 0 Å². The molecule has 1 aromatic heterocycles. The first-order valence-electron chi connectivity index (χ1n) is 5.39. The van der Waals surface area contributed by atoms with Gasteiger partial charge in [0, 0.05) is 25.4 Å². The molecular weight excluding hydrogens is 266 g/mol. The molecule has 0 aliphatic heterocycles. The first-order chi connectivity index (χ1) is 9.10. The number of rotatable bonds is 3. The highest BCUT2D eigenvalue weighted by Gasteiger charge is 2.05. The zero-order chi connectivity index (χ0) is 13.8. The molecule has 19 heavy (non-hydrogen) atoms. The summed E-state index contributed by atoms with van der Waals surface area (Å²) in [7, 11) is 1.82. The van der Waals surface area contributed by atoms with E-state index in [0.29, 0.717) is 5.95 Å². The molecule has 1 aromatic rings. The van der Waals surface area contributed by atoms with E-state index in [1.165, 1.54) is 23.9 Å². The van der Waals surface area contributed by atoms with Crippen molar-refractivity contribution in [1.82, 2.24) is 14.8 Å². The largest absolute Gasteiger partial charge is 0.612 e. The number of hydrogen-bond donors (Lipinski definition) is 1. The van der Waals surface area contributed by atoms with Crippen molar-refractivity contribution in [3.8, 4) is 0 Å². The average molecular weight is 278 g/mol. The molecule has 0 unspecified atom stereocenters. The molecular formula is C11H12N5O2S-. The SMILES string of the molecule is CSc1nc(NC=C2C=CC(=[N+]([O-])[O-])C=C2)nn1C. The zero-order valence-corrected chi connectivity index (χ0v) is 11.2. The fraction of sp³-hybridized carbons (Fsp3) is 0.182. The fourth-order valence-electron chi connectivity index (χ4n) is 1.45. The Morgan fingerprint density at radius 2 is 2.00 bits per heavy atom. The van der Waals surface area contributed by atoms with Crippen LogP contribution in [0.2, 0.25) is 0 Å². The van der Waals surface area contributed by atoms with Gasteiger partial charge in [-0.3, -0.25) is 0 Å². The molecule has 0 fully saturated rings. The van der Waals surface area contributed by atoms with Crippen LogP contribution in [0.3, 0.4) is 0 Å². The van der Waals surface area contributed by atoms with Gasteiger partial charge in [-0.1, -0.05) is 11.8 Å². The molecule has 7 nitrogen and oxygen atoms in total. The maximum absolute atomic E-state index is 10.5. The second-order valence-corrected chi connectivity index (χ2v) is 4.46. The van der Waals surface area contributed by atoms with Crippen LogP contribution in [0.4, 0.5) is 5.95 Å². The van der Waals surface area contributed by atoms with Crippen LogP contribution in [0.15, 0.2) is 41.2 Å². The Balaban J connectivity index is 2.06. The number of allylic oxidation sites excluding steroid dienone is 5. The molecule has 0 atom stereocenters. The third-order valence-electron chi connectivity index (χ3n) is 2.38.